The minimum Gasteiger partial charge on any atom is -0.360 e. The fourth-order valence-electron chi connectivity index (χ4n) is 2.50. The molecule has 4 N–H and O–H groups in total. The summed E-state index contributed by atoms with van der Waals surface area (Å²) in [5.41, 5.74) is 7.11. The van der Waals surface area contributed by atoms with Gasteiger partial charge in [0.05, 0.1) is 11.6 Å². The summed E-state index contributed by atoms with van der Waals surface area (Å²) < 4.78 is 0. The molecule has 0 saturated carbocycles. The monoisotopic (exact) mass is 322 g/mol. The molecule has 3 aromatic rings. The number of para-hydroxylation sites is 1. The molecule has 1 aromatic heterocycles. The second-order valence-electron chi connectivity index (χ2n) is 5.43. The molecule has 3 amide bonds. The molecule has 0 bridgehead atoms. The third-order valence-corrected chi connectivity index (χ3v) is 3.77. The smallest absolute Gasteiger partial charge is 0.333 e. The van der Waals surface area contributed by atoms with Crippen molar-refractivity contribution in [3.8, 4) is 0 Å². The molecule has 1 unspecified atom stereocenters. The molecule has 0 aliphatic carbocycles. The highest BCUT2D eigenvalue weighted by Gasteiger charge is 2.13. The van der Waals surface area contributed by atoms with Gasteiger partial charge in [0.15, 0.2) is 0 Å². The zero-order valence-electron chi connectivity index (χ0n) is 13.2. The number of amides is 3. The number of H-pyrrole nitrogens is 1. The number of carbonyl (C=O) groups is 2. The Kier molecular flexibility index (Phi) is 4.47. The first-order valence-corrected chi connectivity index (χ1v) is 7.63. The quantitative estimate of drug-likeness (QED) is 0.559. The molecule has 122 valence electrons. The summed E-state index contributed by atoms with van der Waals surface area (Å²) in [6.45, 7) is 1.87. The van der Waals surface area contributed by atoms with Gasteiger partial charge in [-0.05, 0) is 18.6 Å². The highest BCUT2D eigenvalue weighted by atomic mass is 16.2. The summed E-state index contributed by atoms with van der Waals surface area (Å²) in [4.78, 5) is 27.1. The van der Waals surface area contributed by atoms with Gasteiger partial charge >= 0.3 is 6.03 Å². The van der Waals surface area contributed by atoms with E-state index in [2.05, 4.69) is 21.2 Å². The second-order valence-corrected chi connectivity index (χ2v) is 5.43. The molecule has 6 nitrogen and oxygen atoms in total. The third kappa shape index (κ3) is 3.38. The van der Waals surface area contributed by atoms with Crippen molar-refractivity contribution in [2.45, 2.75) is 13.0 Å². The van der Waals surface area contributed by atoms with Crippen molar-refractivity contribution < 1.29 is 9.59 Å². The highest BCUT2D eigenvalue weighted by Crippen LogP contribution is 2.17. The summed E-state index contributed by atoms with van der Waals surface area (Å²) in [5.74, 6) is -0.380. The maximum atomic E-state index is 12.2. The fraction of sp³-hybridized carbons (Fsp3) is 0.111. The van der Waals surface area contributed by atoms with Crippen molar-refractivity contribution in [3.63, 3.8) is 0 Å². The zero-order chi connectivity index (χ0) is 16.9. The number of urea groups is 1. The van der Waals surface area contributed by atoms with Gasteiger partial charge in [0.1, 0.15) is 0 Å². The van der Waals surface area contributed by atoms with Crippen LogP contribution in [-0.4, -0.2) is 16.9 Å². The minimum absolute atomic E-state index is 0.170. The average Bonchev–Trinajstić information content (AvgIpc) is 3.04. The van der Waals surface area contributed by atoms with E-state index in [-0.39, 0.29) is 11.9 Å². The molecule has 1 atom stereocenters. The number of aromatic nitrogens is 1. The number of carbonyl (C=O) groups excluding carboxylic acids is 2. The number of hydrogen-bond acceptors (Lipinski definition) is 2. The molecule has 0 saturated heterocycles. The van der Waals surface area contributed by atoms with Crippen molar-refractivity contribution in [1.82, 2.24) is 21.2 Å². The Hall–Kier alpha value is -3.28. The lowest BCUT2D eigenvalue weighted by molar-refractivity contribution is 0.0937. The van der Waals surface area contributed by atoms with E-state index in [0.29, 0.717) is 5.56 Å². The number of rotatable bonds is 3. The van der Waals surface area contributed by atoms with Crippen LogP contribution in [0.4, 0.5) is 4.79 Å². The van der Waals surface area contributed by atoms with Crippen molar-refractivity contribution in [1.29, 1.82) is 0 Å². The normalized spacial score (nSPS) is 11.7. The predicted molar refractivity (Wildman–Crippen MR) is 92.3 cm³/mol. The van der Waals surface area contributed by atoms with Crippen LogP contribution in [0.3, 0.4) is 0 Å². The van der Waals surface area contributed by atoms with Crippen LogP contribution >= 0.6 is 0 Å². The SMILES string of the molecule is CC(NC(=O)NNC(=O)c1c[nH]c2ccccc12)c1ccccc1. The first-order valence-electron chi connectivity index (χ1n) is 7.63. The fourth-order valence-corrected chi connectivity index (χ4v) is 2.50. The van der Waals surface area contributed by atoms with E-state index in [1.54, 1.807) is 6.20 Å². The van der Waals surface area contributed by atoms with Crippen LogP contribution in [0.15, 0.2) is 60.8 Å². The number of benzene rings is 2. The van der Waals surface area contributed by atoms with Gasteiger partial charge in [-0.25, -0.2) is 10.2 Å². The standard InChI is InChI=1S/C18H18N4O2/c1-12(13-7-3-2-4-8-13)20-18(24)22-21-17(23)15-11-19-16-10-6-5-9-14(15)16/h2-12,19H,1H3,(H,21,23)(H2,20,22,24). The minimum atomic E-state index is -0.473. The molecule has 1 heterocycles. The van der Waals surface area contributed by atoms with Gasteiger partial charge in [-0.3, -0.25) is 10.2 Å². The Morgan fingerprint density at radius 2 is 1.67 bits per heavy atom. The van der Waals surface area contributed by atoms with Crippen LogP contribution in [-0.2, 0) is 0 Å². The lowest BCUT2D eigenvalue weighted by Gasteiger charge is -2.15. The van der Waals surface area contributed by atoms with Crippen molar-refractivity contribution in [2.75, 3.05) is 0 Å². The van der Waals surface area contributed by atoms with Crippen LogP contribution in [0.2, 0.25) is 0 Å². The maximum Gasteiger partial charge on any atom is 0.333 e. The van der Waals surface area contributed by atoms with Crippen LogP contribution in [0.25, 0.3) is 10.9 Å². The van der Waals surface area contributed by atoms with Crippen molar-refractivity contribution in [3.05, 3.63) is 71.9 Å². The molecule has 2 aromatic carbocycles. The number of fused-ring (bicyclic) bond motifs is 1. The van der Waals surface area contributed by atoms with E-state index >= 15 is 0 Å². The Bertz CT molecular complexity index is 858. The van der Waals surface area contributed by atoms with Crippen molar-refractivity contribution >= 4 is 22.8 Å². The molecule has 24 heavy (non-hydrogen) atoms. The van der Waals surface area contributed by atoms with Crippen LogP contribution in [0.5, 0.6) is 0 Å². The summed E-state index contributed by atoms with van der Waals surface area (Å²) in [7, 11) is 0. The first-order chi connectivity index (χ1) is 11.6. The van der Waals surface area contributed by atoms with E-state index in [4.69, 9.17) is 0 Å². The Morgan fingerprint density at radius 1 is 0.958 bits per heavy atom. The Labute approximate surface area is 139 Å². The third-order valence-electron chi connectivity index (χ3n) is 3.77. The summed E-state index contributed by atoms with van der Waals surface area (Å²) in [6, 6.07) is 16.4. The number of nitrogens with one attached hydrogen (secondary N) is 4. The topological polar surface area (TPSA) is 86.0 Å². The molecule has 0 aliphatic rings. The van der Waals surface area contributed by atoms with E-state index < -0.39 is 6.03 Å². The van der Waals surface area contributed by atoms with Gasteiger partial charge in [0.25, 0.3) is 5.91 Å². The zero-order valence-corrected chi connectivity index (χ0v) is 13.2. The van der Waals surface area contributed by atoms with Gasteiger partial charge < -0.3 is 10.3 Å². The Morgan fingerprint density at radius 3 is 2.46 bits per heavy atom. The molecule has 0 spiro atoms. The maximum absolute atomic E-state index is 12.2. The van der Waals surface area contributed by atoms with Gasteiger partial charge in [-0.1, -0.05) is 48.5 Å². The predicted octanol–water partition coefficient (Wildman–Crippen LogP) is 2.87. The Balaban J connectivity index is 1.57. The van der Waals surface area contributed by atoms with Crippen LogP contribution < -0.4 is 16.2 Å². The van der Waals surface area contributed by atoms with Crippen molar-refractivity contribution in [2.24, 2.45) is 0 Å². The molecule has 0 radical (unpaired) electrons. The van der Waals surface area contributed by atoms with E-state index in [1.165, 1.54) is 0 Å². The lowest BCUT2D eigenvalue weighted by Crippen LogP contribution is -2.47. The van der Waals surface area contributed by atoms with Crippen LogP contribution in [0.1, 0.15) is 28.9 Å². The average molecular weight is 322 g/mol. The highest BCUT2D eigenvalue weighted by molar-refractivity contribution is 6.07. The second kappa shape index (κ2) is 6.87. The molecular formula is C18H18N4O2. The first kappa shape index (κ1) is 15.6. The molecule has 6 heteroatoms. The summed E-state index contributed by atoms with van der Waals surface area (Å²) in [5, 5.41) is 3.56. The summed E-state index contributed by atoms with van der Waals surface area (Å²) >= 11 is 0. The van der Waals surface area contributed by atoms with E-state index in [0.717, 1.165) is 16.5 Å². The van der Waals surface area contributed by atoms with Gasteiger partial charge in [0, 0.05) is 17.1 Å². The van der Waals surface area contributed by atoms with Crippen LogP contribution in [0, 0.1) is 0 Å². The summed E-state index contributed by atoms with van der Waals surface area (Å²) in [6.07, 6.45) is 1.62. The lowest BCUT2D eigenvalue weighted by atomic mass is 10.1. The number of hydrogen-bond donors (Lipinski definition) is 4. The molecule has 0 fully saturated rings. The van der Waals surface area contributed by atoms with Gasteiger partial charge in [-0.15, -0.1) is 0 Å². The van der Waals surface area contributed by atoms with Gasteiger partial charge in [-0.2, -0.15) is 0 Å². The van der Waals surface area contributed by atoms with E-state index in [1.807, 2.05) is 61.5 Å². The largest absolute Gasteiger partial charge is 0.360 e. The number of aromatic amines is 1. The molecule has 0 aliphatic heterocycles. The molecular weight excluding hydrogens is 304 g/mol. The van der Waals surface area contributed by atoms with Gasteiger partial charge in [0.2, 0.25) is 0 Å². The number of hydrazine groups is 1. The molecule has 3 rings (SSSR count). The van der Waals surface area contributed by atoms with E-state index in [9.17, 15) is 9.59 Å².